The van der Waals surface area contributed by atoms with Crippen LogP contribution >= 0.6 is 0 Å². The predicted molar refractivity (Wildman–Crippen MR) is 61.9 cm³/mol. The first-order valence-corrected chi connectivity index (χ1v) is 6.12. The molecule has 1 aliphatic carbocycles. The van der Waals surface area contributed by atoms with E-state index in [-0.39, 0.29) is 17.4 Å². The Balaban J connectivity index is 2.07. The Kier molecular flexibility index (Phi) is 3.22. The third-order valence-corrected chi connectivity index (χ3v) is 4.17. The minimum atomic E-state index is -0.376. The van der Waals surface area contributed by atoms with Gasteiger partial charge in [-0.3, -0.25) is 4.79 Å². The Morgan fingerprint density at radius 1 is 1.69 bits per heavy atom. The van der Waals surface area contributed by atoms with Crippen molar-refractivity contribution >= 4 is 5.91 Å². The minimum absolute atomic E-state index is 0.0879. The van der Waals surface area contributed by atoms with Crippen molar-refractivity contribution < 1.29 is 9.53 Å². The van der Waals surface area contributed by atoms with Crippen molar-refractivity contribution in [2.75, 3.05) is 26.8 Å². The molecule has 4 heteroatoms. The highest BCUT2D eigenvalue weighted by Gasteiger charge is 2.50. The van der Waals surface area contributed by atoms with Crippen molar-refractivity contribution in [2.24, 2.45) is 17.1 Å². The van der Waals surface area contributed by atoms with Crippen LogP contribution < -0.4 is 5.73 Å². The van der Waals surface area contributed by atoms with Gasteiger partial charge >= 0.3 is 0 Å². The minimum Gasteiger partial charge on any atom is -0.384 e. The highest BCUT2D eigenvalue weighted by molar-refractivity contribution is 5.81. The first-order chi connectivity index (χ1) is 7.59. The SMILES string of the molecule is COC[C@]12CCC[C@H]1CN(C(=O)[C@@H](C)N)C2. The average molecular weight is 226 g/mol. The lowest BCUT2D eigenvalue weighted by Gasteiger charge is -2.28. The Morgan fingerprint density at radius 3 is 3.06 bits per heavy atom. The van der Waals surface area contributed by atoms with E-state index in [4.69, 9.17) is 10.5 Å². The molecule has 1 saturated heterocycles. The Bertz CT molecular complexity index is 280. The van der Waals surface area contributed by atoms with E-state index >= 15 is 0 Å². The van der Waals surface area contributed by atoms with Gasteiger partial charge in [-0.1, -0.05) is 6.42 Å². The number of carbonyl (C=O) groups is 1. The molecule has 92 valence electrons. The third-order valence-electron chi connectivity index (χ3n) is 4.17. The van der Waals surface area contributed by atoms with Crippen LogP contribution in [0.15, 0.2) is 0 Å². The molecule has 0 aromatic rings. The average Bonchev–Trinajstić information content (AvgIpc) is 2.73. The van der Waals surface area contributed by atoms with Crippen LogP contribution in [0.4, 0.5) is 0 Å². The summed E-state index contributed by atoms with van der Waals surface area (Å²) < 4.78 is 5.35. The van der Waals surface area contributed by atoms with Gasteiger partial charge in [0.1, 0.15) is 0 Å². The van der Waals surface area contributed by atoms with Gasteiger partial charge in [-0.25, -0.2) is 0 Å². The summed E-state index contributed by atoms with van der Waals surface area (Å²) in [7, 11) is 1.75. The van der Waals surface area contributed by atoms with Gasteiger partial charge in [0.05, 0.1) is 12.6 Å². The van der Waals surface area contributed by atoms with Gasteiger partial charge < -0.3 is 15.4 Å². The number of likely N-dealkylation sites (tertiary alicyclic amines) is 1. The Hall–Kier alpha value is -0.610. The van der Waals surface area contributed by atoms with Crippen LogP contribution in [0.3, 0.4) is 0 Å². The molecule has 2 N–H and O–H groups in total. The molecule has 2 rings (SSSR count). The van der Waals surface area contributed by atoms with E-state index in [0.717, 1.165) is 19.7 Å². The first-order valence-electron chi connectivity index (χ1n) is 6.12. The van der Waals surface area contributed by atoms with E-state index in [9.17, 15) is 4.79 Å². The largest absolute Gasteiger partial charge is 0.384 e. The second kappa shape index (κ2) is 4.34. The second-order valence-corrected chi connectivity index (χ2v) is 5.39. The van der Waals surface area contributed by atoms with Gasteiger partial charge in [-0.15, -0.1) is 0 Å². The maximum absolute atomic E-state index is 11.9. The zero-order valence-corrected chi connectivity index (χ0v) is 10.2. The summed E-state index contributed by atoms with van der Waals surface area (Å²) in [4.78, 5) is 13.8. The van der Waals surface area contributed by atoms with Crippen molar-refractivity contribution in [2.45, 2.75) is 32.2 Å². The molecular weight excluding hydrogens is 204 g/mol. The van der Waals surface area contributed by atoms with Gasteiger partial charge in [-0.05, 0) is 25.7 Å². The van der Waals surface area contributed by atoms with Gasteiger partial charge in [0.15, 0.2) is 0 Å². The van der Waals surface area contributed by atoms with Crippen LogP contribution in [0.25, 0.3) is 0 Å². The van der Waals surface area contributed by atoms with Gasteiger partial charge in [-0.2, -0.15) is 0 Å². The molecule has 1 saturated carbocycles. The maximum atomic E-state index is 11.9. The van der Waals surface area contributed by atoms with E-state index in [1.807, 2.05) is 4.90 Å². The monoisotopic (exact) mass is 226 g/mol. The van der Waals surface area contributed by atoms with E-state index < -0.39 is 0 Å². The van der Waals surface area contributed by atoms with Crippen molar-refractivity contribution in [1.29, 1.82) is 0 Å². The van der Waals surface area contributed by atoms with E-state index in [0.29, 0.717) is 5.92 Å². The predicted octanol–water partition coefficient (Wildman–Crippen LogP) is 0.609. The molecule has 0 unspecified atom stereocenters. The Labute approximate surface area is 97.1 Å². The van der Waals surface area contributed by atoms with Crippen LogP contribution in [-0.4, -0.2) is 43.7 Å². The molecule has 1 amide bonds. The van der Waals surface area contributed by atoms with E-state index in [1.54, 1.807) is 14.0 Å². The third kappa shape index (κ3) is 1.84. The molecule has 0 bridgehead atoms. The number of fused-ring (bicyclic) bond motifs is 1. The molecule has 0 spiro atoms. The summed E-state index contributed by atoms with van der Waals surface area (Å²) in [5.41, 5.74) is 5.88. The zero-order valence-electron chi connectivity index (χ0n) is 10.2. The number of carbonyl (C=O) groups excluding carboxylic acids is 1. The lowest BCUT2D eigenvalue weighted by atomic mass is 9.82. The topological polar surface area (TPSA) is 55.6 Å². The number of nitrogens with zero attached hydrogens (tertiary/aromatic N) is 1. The fourth-order valence-electron chi connectivity index (χ4n) is 3.39. The molecule has 1 heterocycles. The number of ether oxygens (including phenoxy) is 1. The number of nitrogens with two attached hydrogens (primary N) is 1. The smallest absolute Gasteiger partial charge is 0.239 e. The molecule has 0 aromatic heterocycles. The molecule has 0 aromatic carbocycles. The summed E-state index contributed by atoms with van der Waals surface area (Å²) in [6, 6.07) is -0.376. The number of rotatable bonds is 3. The fourth-order valence-corrected chi connectivity index (χ4v) is 3.39. The molecule has 2 fully saturated rings. The lowest BCUT2D eigenvalue weighted by molar-refractivity contribution is -0.131. The second-order valence-electron chi connectivity index (χ2n) is 5.39. The molecule has 3 atom stereocenters. The normalized spacial score (nSPS) is 35.2. The number of amides is 1. The lowest BCUT2D eigenvalue weighted by Crippen LogP contribution is -2.42. The van der Waals surface area contributed by atoms with Crippen molar-refractivity contribution in [3.8, 4) is 0 Å². The molecule has 16 heavy (non-hydrogen) atoms. The van der Waals surface area contributed by atoms with Gasteiger partial charge in [0.25, 0.3) is 0 Å². The first kappa shape index (κ1) is 11.9. The summed E-state index contributed by atoms with van der Waals surface area (Å²) in [6.45, 7) is 4.26. The van der Waals surface area contributed by atoms with E-state index in [1.165, 1.54) is 19.3 Å². The fraction of sp³-hybridized carbons (Fsp3) is 0.917. The highest BCUT2D eigenvalue weighted by Crippen LogP contribution is 2.48. The number of hydrogen-bond acceptors (Lipinski definition) is 3. The quantitative estimate of drug-likeness (QED) is 0.767. The van der Waals surface area contributed by atoms with Crippen molar-refractivity contribution in [1.82, 2.24) is 4.90 Å². The Morgan fingerprint density at radius 2 is 2.44 bits per heavy atom. The number of methoxy groups -OCH3 is 1. The summed E-state index contributed by atoms with van der Waals surface area (Å²) in [5, 5.41) is 0. The van der Waals surface area contributed by atoms with Crippen LogP contribution in [-0.2, 0) is 9.53 Å². The summed E-state index contributed by atoms with van der Waals surface area (Å²) in [5.74, 6) is 0.708. The van der Waals surface area contributed by atoms with Crippen LogP contribution in [0.5, 0.6) is 0 Å². The standard InChI is InChI=1S/C12H22N2O2/c1-9(13)11(15)14-6-10-4-3-5-12(10,7-14)8-16-2/h9-10H,3-8,13H2,1-2H3/t9-,10+,12-/m1/s1. The number of hydrogen-bond donors (Lipinski definition) is 1. The van der Waals surface area contributed by atoms with E-state index in [2.05, 4.69) is 0 Å². The van der Waals surface area contributed by atoms with Gasteiger partial charge in [0.2, 0.25) is 5.91 Å². The zero-order chi connectivity index (χ0) is 11.8. The van der Waals surface area contributed by atoms with Crippen LogP contribution in [0, 0.1) is 11.3 Å². The molecule has 0 radical (unpaired) electrons. The van der Waals surface area contributed by atoms with Crippen LogP contribution in [0.1, 0.15) is 26.2 Å². The molecule has 2 aliphatic rings. The summed E-state index contributed by atoms with van der Waals surface area (Å²) in [6.07, 6.45) is 3.69. The molecular formula is C12H22N2O2. The molecule has 4 nitrogen and oxygen atoms in total. The highest BCUT2D eigenvalue weighted by atomic mass is 16.5. The van der Waals surface area contributed by atoms with Crippen molar-refractivity contribution in [3.63, 3.8) is 0 Å². The maximum Gasteiger partial charge on any atom is 0.239 e. The van der Waals surface area contributed by atoms with Crippen molar-refractivity contribution in [3.05, 3.63) is 0 Å². The summed E-state index contributed by atoms with van der Waals surface area (Å²) >= 11 is 0. The van der Waals surface area contributed by atoms with Crippen LogP contribution in [0.2, 0.25) is 0 Å². The molecule has 1 aliphatic heterocycles. The van der Waals surface area contributed by atoms with Gasteiger partial charge in [0, 0.05) is 25.6 Å².